The third-order valence-electron chi connectivity index (χ3n) is 5.17. The molecule has 0 radical (unpaired) electrons. The van der Waals surface area contributed by atoms with Gasteiger partial charge in [-0.25, -0.2) is 10.2 Å². The first-order chi connectivity index (χ1) is 16.2. The van der Waals surface area contributed by atoms with E-state index < -0.39 is 11.9 Å². The van der Waals surface area contributed by atoms with E-state index in [-0.39, 0.29) is 6.61 Å². The van der Waals surface area contributed by atoms with Gasteiger partial charge >= 0.3 is 5.97 Å². The highest BCUT2D eigenvalue weighted by Crippen LogP contribution is 2.25. The van der Waals surface area contributed by atoms with Crippen molar-refractivity contribution in [3.05, 3.63) is 93.0 Å². The Morgan fingerprint density at radius 2 is 1.76 bits per heavy atom. The molecule has 7 heteroatoms. The molecule has 1 amide bonds. The van der Waals surface area contributed by atoms with Gasteiger partial charge in [0, 0.05) is 10.0 Å². The number of aryl methyl sites for hydroxylation is 2. The van der Waals surface area contributed by atoms with E-state index >= 15 is 0 Å². The first-order valence-electron chi connectivity index (χ1n) is 10.9. The summed E-state index contributed by atoms with van der Waals surface area (Å²) in [5, 5.41) is 4.00. The molecule has 3 rings (SSSR count). The topological polar surface area (TPSA) is 77.0 Å². The van der Waals surface area contributed by atoms with Crippen LogP contribution in [0.5, 0.6) is 11.5 Å². The second kappa shape index (κ2) is 11.6. The summed E-state index contributed by atoms with van der Waals surface area (Å²) in [5.41, 5.74) is 6.37. The Kier molecular flexibility index (Phi) is 8.60. The predicted octanol–water partition coefficient (Wildman–Crippen LogP) is 5.94. The molecule has 0 fully saturated rings. The summed E-state index contributed by atoms with van der Waals surface area (Å²) in [4.78, 5) is 24.8. The molecule has 0 aromatic heterocycles. The minimum atomic E-state index is -0.466. The van der Waals surface area contributed by atoms with Crippen LogP contribution in [-0.4, -0.2) is 24.7 Å². The molecular formula is C27H27BrN2O4. The number of nitrogens with zero attached hydrogens (tertiary/aromatic N) is 1. The number of carbonyl (C=O) groups is 2. The van der Waals surface area contributed by atoms with Crippen LogP contribution in [0.1, 0.15) is 52.4 Å². The second-order valence-electron chi connectivity index (χ2n) is 8.15. The lowest BCUT2D eigenvalue weighted by Crippen LogP contribution is -2.24. The Hall–Kier alpha value is -3.45. The highest BCUT2D eigenvalue weighted by Gasteiger charge is 2.14. The molecule has 176 valence electrons. The molecule has 0 aliphatic heterocycles. The number of ether oxygens (including phenoxy) is 2. The van der Waals surface area contributed by atoms with E-state index in [2.05, 4.69) is 46.4 Å². The van der Waals surface area contributed by atoms with E-state index in [1.54, 1.807) is 30.3 Å². The molecule has 0 heterocycles. The number of rotatable bonds is 8. The van der Waals surface area contributed by atoms with Gasteiger partial charge in [-0.2, -0.15) is 5.10 Å². The number of halogens is 1. The molecule has 34 heavy (non-hydrogen) atoms. The number of esters is 1. The van der Waals surface area contributed by atoms with Crippen molar-refractivity contribution < 1.29 is 19.1 Å². The Morgan fingerprint density at radius 1 is 1.00 bits per heavy atom. The zero-order valence-corrected chi connectivity index (χ0v) is 21.2. The van der Waals surface area contributed by atoms with Crippen LogP contribution < -0.4 is 14.9 Å². The summed E-state index contributed by atoms with van der Waals surface area (Å²) in [5.74, 6) is 0.487. The van der Waals surface area contributed by atoms with Gasteiger partial charge < -0.3 is 9.47 Å². The third kappa shape index (κ3) is 6.78. The molecule has 0 spiro atoms. The molecule has 0 bridgehead atoms. The smallest absolute Gasteiger partial charge is 0.343 e. The number of nitrogens with one attached hydrogen (secondary N) is 1. The lowest BCUT2D eigenvalue weighted by Gasteiger charge is -2.12. The van der Waals surface area contributed by atoms with Gasteiger partial charge in [-0.3, -0.25) is 4.79 Å². The highest BCUT2D eigenvalue weighted by atomic mass is 79.9. The van der Waals surface area contributed by atoms with Crippen LogP contribution >= 0.6 is 15.9 Å². The number of hydrazone groups is 1. The highest BCUT2D eigenvalue weighted by molar-refractivity contribution is 9.10. The average Bonchev–Trinajstić information content (AvgIpc) is 2.80. The van der Waals surface area contributed by atoms with Crippen molar-refractivity contribution in [1.29, 1.82) is 0 Å². The fourth-order valence-corrected chi connectivity index (χ4v) is 3.53. The first kappa shape index (κ1) is 25.2. The Bertz CT molecular complexity index is 1220. The van der Waals surface area contributed by atoms with E-state index in [9.17, 15) is 9.59 Å². The van der Waals surface area contributed by atoms with Crippen LogP contribution in [0.15, 0.2) is 70.2 Å². The molecule has 1 N–H and O–H groups in total. The molecule has 3 aromatic rings. The largest absolute Gasteiger partial charge is 0.483 e. The standard InChI is InChI=1S/C27H27BrN2O4/c1-17(2)20-10-9-19(4)25(14-20)33-16-26(31)30-29-15-21-13-22(28)11-12-24(21)34-27(32)23-8-6-5-7-18(23)3/h5-15,17H,16H2,1-4H3,(H,30,31). The molecule has 0 saturated heterocycles. The van der Waals surface area contributed by atoms with E-state index in [1.807, 2.05) is 38.1 Å². The van der Waals surface area contributed by atoms with Gasteiger partial charge in [0.05, 0.1) is 11.8 Å². The summed E-state index contributed by atoms with van der Waals surface area (Å²) in [6, 6.07) is 18.4. The Balaban J connectivity index is 1.64. The number of amides is 1. The number of benzene rings is 3. The summed E-state index contributed by atoms with van der Waals surface area (Å²) in [7, 11) is 0. The molecule has 0 unspecified atom stereocenters. The van der Waals surface area contributed by atoms with Crippen LogP contribution in [0.2, 0.25) is 0 Å². The lowest BCUT2D eigenvalue weighted by molar-refractivity contribution is -0.123. The Labute approximate surface area is 208 Å². The minimum absolute atomic E-state index is 0.173. The summed E-state index contributed by atoms with van der Waals surface area (Å²) in [6.07, 6.45) is 1.42. The SMILES string of the molecule is Cc1ccc(C(C)C)cc1OCC(=O)NN=Cc1cc(Br)ccc1OC(=O)c1ccccc1C. The monoisotopic (exact) mass is 522 g/mol. The number of hydrogen-bond acceptors (Lipinski definition) is 5. The van der Waals surface area contributed by atoms with Gasteiger partial charge in [0.25, 0.3) is 5.91 Å². The van der Waals surface area contributed by atoms with Gasteiger partial charge in [-0.15, -0.1) is 0 Å². The maximum absolute atomic E-state index is 12.6. The predicted molar refractivity (Wildman–Crippen MR) is 137 cm³/mol. The molecule has 6 nitrogen and oxygen atoms in total. The van der Waals surface area contributed by atoms with Gasteiger partial charge in [-0.1, -0.05) is 60.1 Å². The molecule has 0 aliphatic rings. The molecular weight excluding hydrogens is 496 g/mol. The van der Waals surface area contributed by atoms with Gasteiger partial charge in [0.15, 0.2) is 6.61 Å². The zero-order valence-electron chi connectivity index (χ0n) is 19.6. The normalized spacial score (nSPS) is 11.0. The molecule has 0 atom stereocenters. The van der Waals surface area contributed by atoms with Crippen molar-refractivity contribution in [1.82, 2.24) is 5.43 Å². The quantitative estimate of drug-likeness (QED) is 0.172. The fraction of sp³-hybridized carbons (Fsp3) is 0.222. The van der Waals surface area contributed by atoms with Gasteiger partial charge in [-0.05, 0) is 66.8 Å². The van der Waals surface area contributed by atoms with E-state index in [0.717, 1.165) is 21.2 Å². The van der Waals surface area contributed by atoms with Crippen LogP contribution in [-0.2, 0) is 4.79 Å². The van der Waals surface area contributed by atoms with E-state index in [4.69, 9.17) is 9.47 Å². The van der Waals surface area contributed by atoms with Crippen LogP contribution in [0.4, 0.5) is 0 Å². The summed E-state index contributed by atoms with van der Waals surface area (Å²) < 4.78 is 12.0. The maximum atomic E-state index is 12.6. The van der Waals surface area contributed by atoms with Crippen LogP contribution in [0.25, 0.3) is 0 Å². The van der Waals surface area contributed by atoms with Crippen molar-refractivity contribution in [2.24, 2.45) is 5.10 Å². The average molecular weight is 523 g/mol. The van der Waals surface area contributed by atoms with Crippen molar-refractivity contribution in [3.63, 3.8) is 0 Å². The van der Waals surface area contributed by atoms with Crippen molar-refractivity contribution >= 4 is 34.0 Å². The number of carbonyl (C=O) groups excluding carboxylic acids is 2. The second-order valence-corrected chi connectivity index (χ2v) is 9.06. The first-order valence-corrected chi connectivity index (χ1v) is 11.7. The van der Waals surface area contributed by atoms with E-state index in [0.29, 0.717) is 28.5 Å². The number of hydrogen-bond donors (Lipinski definition) is 1. The van der Waals surface area contributed by atoms with E-state index in [1.165, 1.54) is 6.21 Å². The van der Waals surface area contributed by atoms with Crippen molar-refractivity contribution in [2.75, 3.05) is 6.61 Å². The van der Waals surface area contributed by atoms with Crippen molar-refractivity contribution in [2.45, 2.75) is 33.6 Å². The van der Waals surface area contributed by atoms with Gasteiger partial charge in [0.1, 0.15) is 11.5 Å². The summed E-state index contributed by atoms with van der Waals surface area (Å²) >= 11 is 3.40. The van der Waals surface area contributed by atoms with Crippen LogP contribution in [0, 0.1) is 13.8 Å². The van der Waals surface area contributed by atoms with Crippen LogP contribution in [0.3, 0.4) is 0 Å². The summed E-state index contributed by atoms with van der Waals surface area (Å²) in [6.45, 7) is 7.81. The van der Waals surface area contributed by atoms with Crippen molar-refractivity contribution in [3.8, 4) is 11.5 Å². The lowest BCUT2D eigenvalue weighted by atomic mass is 10.0. The maximum Gasteiger partial charge on any atom is 0.343 e. The molecule has 0 aliphatic carbocycles. The third-order valence-corrected chi connectivity index (χ3v) is 5.66. The fourth-order valence-electron chi connectivity index (χ4n) is 3.15. The molecule has 0 saturated carbocycles. The minimum Gasteiger partial charge on any atom is -0.483 e. The molecule has 3 aromatic carbocycles. The van der Waals surface area contributed by atoms with Gasteiger partial charge in [0.2, 0.25) is 0 Å². The zero-order chi connectivity index (χ0) is 24.7. The Morgan fingerprint density at radius 3 is 2.50 bits per heavy atom.